The molecule has 1 saturated heterocycles. The van der Waals surface area contributed by atoms with Gasteiger partial charge in [0, 0.05) is 19.1 Å². The highest BCUT2D eigenvalue weighted by atomic mass is 16.5. The van der Waals surface area contributed by atoms with E-state index in [9.17, 15) is 4.79 Å². The molecule has 0 spiro atoms. The van der Waals surface area contributed by atoms with E-state index in [2.05, 4.69) is 33.5 Å². The molecule has 0 saturated carbocycles. The number of carbonyl (C=O) groups excluding carboxylic acids is 1. The van der Waals surface area contributed by atoms with Gasteiger partial charge in [-0.2, -0.15) is 0 Å². The molecular weight excluding hydrogens is 304 g/mol. The minimum Gasteiger partial charge on any atom is -0.497 e. The first-order chi connectivity index (χ1) is 11.5. The summed E-state index contributed by atoms with van der Waals surface area (Å²) in [7, 11) is 7.78. The number of likely N-dealkylation sites (tertiary alicyclic amines) is 1. The van der Waals surface area contributed by atoms with Crippen molar-refractivity contribution in [2.24, 2.45) is 0 Å². The number of likely N-dealkylation sites (N-methyl/N-ethyl adjacent to an activating group) is 2. The standard InChI is InChI=1S/C18H30N4O2/c1-21(2)17(14-7-5-9-16(11-14)24-4)12-19-18(23)20-15-8-6-10-22(3)13-15/h5,7,9,11,15,17H,6,8,10,12-13H2,1-4H3,(H2,19,20,23). The molecule has 2 rings (SSSR count). The molecule has 134 valence electrons. The largest absolute Gasteiger partial charge is 0.497 e. The number of methoxy groups -OCH3 is 1. The van der Waals surface area contributed by atoms with E-state index >= 15 is 0 Å². The van der Waals surface area contributed by atoms with E-state index in [4.69, 9.17) is 4.74 Å². The second-order valence-electron chi connectivity index (χ2n) is 6.71. The van der Waals surface area contributed by atoms with Crippen molar-refractivity contribution >= 4 is 6.03 Å². The molecule has 24 heavy (non-hydrogen) atoms. The summed E-state index contributed by atoms with van der Waals surface area (Å²) in [5, 5.41) is 6.09. The maximum Gasteiger partial charge on any atom is 0.315 e. The Hall–Kier alpha value is -1.79. The first-order valence-electron chi connectivity index (χ1n) is 8.53. The zero-order chi connectivity index (χ0) is 17.5. The molecule has 1 aliphatic heterocycles. The van der Waals surface area contributed by atoms with Gasteiger partial charge < -0.3 is 25.2 Å². The van der Waals surface area contributed by atoms with Gasteiger partial charge in [-0.1, -0.05) is 12.1 Å². The third kappa shape index (κ3) is 5.39. The van der Waals surface area contributed by atoms with Crippen LogP contribution in [0.25, 0.3) is 0 Å². The fourth-order valence-corrected chi connectivity index (χ4v) is 3.16. The average Bonchev–Trinajstić information content (AvgIpc) is 2.55. The number of hydrogen-bond acceptors (Lipinski definition) is 4. The Morgan fingerprint density at radius 1 is 1.46 bits per heavy atom. The van der Waals surface area contributed by atoms with Gasteiger partial charge in [-0.25, -0.2) is 4.79 Å². The van der Waals surface area contributed by atoms with Gasteiger partial charge in [0.2, 0.25) is 0 Å². The molecule has 1 aliphatic rings. The molecule has 2 amide bonds. The normalized spacial score (nSPS) is 19.8. The summed E-state index contributed by atoms with van der Waals surface area (Å²) in [4.78, 5) is 16.6. The van der Waals surface area contributed by atoms with Gasteiger partial charge in [-0.05, 0) is 58.2 Å². The van der Waals surface area contributed by atoms with Crippen LogP contribution in [0.4, 0.5) is 4.79 Å². The number of ether oxygens (including phenoxy) is 1. The lowest BCUT2D eigenvalue weighted by Gasteiger charge is -2.31. The molecule has 1 aromatic carbocycles. The van der Waals surface area contributed by atoms with E-state index < -0.39 is 0 Å². The van der Waals surface area contributed by atoms with Crippen LogP contribution in [0.5, 0.6) is 5.75 Å². The number of carbonyl (C=O) groups is 1. The molecule has 1 aromatic rings. The molecular formula is C18H30N4O2. The molecule has 0 aromatic heterocycles. The predicted molar refractivity (Wildman–Crippen MR) is 96.5 cm³/mol. The van der Waals surface area contributed by atoms with Crippen LogP contribution in [0, 0.1) is 0 Å². The second kappa shape index (κ2) is 8.89. The maximum atomic E-state index is 12.2. The van der Waals surface area contributed by atoms with Crippen molar-refractivity contribution in [1.29, 1.82) is 0 Å². The summed E-state index contributed by atoms with van der Waals surface area (Å²) in [5.41, 5.74) is 1.12. The highest BCUT2D eigenvalue weighted by Crippen LogP contribution is 2.22. The second-order valence-corrected chi connectivity index (χ2v) is 6.71. The lowest BCUT2D eigenvalue weighted by Crippen LogP contribution is -2.50. The Bertz CT molecular complexity index is 536. The van der Waals surface area contributed by atoms with Gasteiger partial charge in [0.15, 0.2) is 0 Å². The number of nitrogens with one attached hydrogen (secondary N) is 2. The zero-order valence-corrected chi connectivity index (χ0v) is 15.2. The van der Waals surface area contributed by atoms with E-state index in [0.717, 1.165) is 37.2 Å². The van der Waals surface area contributed by atoms with Crippen LogP contribution in [-0.4, -0.2) is 69.8 Å². The number of urea groups is 1. The SMILES string of the molecule is COc1cccc(C(CNC(=O)NC2CCCN(C)C2)N(C)C)c1. The first kappa shape index (κ1) is 18.5. The third-order valence-electron chi connectivity index (χ3n) is 4.52. The molecule has 1 fully saturated rings. The van der Waals surface area contributed by atoms with E-state index in [0.29, 0.717) is 6.54 Å². The van der Waals surface area contributed by atoms with E-state index in [1.165, 1.54) is 0 Å². The fourth-order valence-electron chi connectivity index (χ4n) is 3.16. The lowest BCUT2D eigenvalue weighted by molar-refractivity contribution is 0.205. The average molecular weight is 334 g/mol. The third-order valence-corrected chi connectivity index (χ3v) is 4.52. The van der Waals surface area contributed by atoms with E-state index in [1.807, 2.05) is 32.3 Å². The number of rotatable bonds is 6. The van der Waals surface area contributed by atoms with Gasteiger partial charge in [0.25, 0.3) is 0 Å². The Morgan fingerprint density at radius 2 is 2.25 bits per heavy atom. The van der Waals surface area contributed by atoms with Gasteiger partial charge >= 0.3 is 6.03 Å². The van der Waals surface area contributed by atoms with Crippen LogP contribution in [0.15, 0.2) is 24.3 Å². The van der Waals surface area contributed by atoms with Crippen molar-refractivity contribution in [3.8, 4) is 5.75 Å². The molecule has 6 heteroatoms. The fraction of sp³-hybridized carbons (Fsp3) is 0.611. The molecule has 2 N–H and O–H groups in total. The van der Waals surface area contributed by atoms with Crippen LogP contribution >= 0.6 is 0 Å². The van der Waals surface area contributed by atoms with E-state index in [1.54, 1.807) is 7.11 Å². The van der Waals surface area contributed by atoms with Gasteiger partial charge in [0.1, 0.15) is 5.75 Å². The van der Waals surface area contributed by atoms with Crippen LogP contribution in [-0.2, 0) is 0 Å². The van der Waals surface area contributed by atoms with Crippen molar-refractivity contribution < 1.29 is 9.53 Å². The quantitative estimate of drug-likeness (QED) is 0.831. The van der Waals surface area contributed by atoms with Gasteiger partial charge in [-0.15, -0.1) is 0 Å². The Morgan fingerprint density at radius 3 is 2.92 bits per heavy atom. The van der Waals surface area contributed by atoms with Gasteiger partial charge in [-0.3, -0.25) is 0 Å². The Kier molecular flexibility index (Phi) is 6.87. The number of benzene rings is 1. The minimum absolute atomic E-state index is 0.0925. The number of amides is 2. The van der Waals surface area contributed by atoms with Gasteiger partial charge in [0.05, 0.1) is 13.2 Å². The number of hydrogen-bond donors (Lipinski definition) is 2. The highest BCUT2D eigenvalue weighted by Gasteiger charge is 2.20. The molecule has 0 aliphatic carbocycles. The maximum absolute atomic E-state index is 12.2. The van der Waals surface area contributed by atoms with Crippen LogP contribution in [0.3, 0.4) is 0 Å². The molecule has 2 unspecified atom stereocenters. The van der Waals surface area contributed by atoms with Crippen molar-refractivity contribution in [1.82, 2.24) is 20.4 Å². The van der Waals surface area contributed by atoms with Crippen molar-refractivity contribution in [2.45, 2.75) is 24.9 Å². The monoisotopic (exact) mass is 334 g/mol. The van der Waals surface area contributed by atoms with Crippen LogP contribution < -0.4 is 15.4 Å². The van der Waals surface area contributed by atoms with Crippen LogP contribution in [0.1, 0.15) is 24.4 Å². The minimum atomic E-state index is -0.0925. The summed E-state index contributed by atoms with van der Waals surface area (Å²) in [6.45, 7) is 2.58. The summed E-state index contributed by atoms with van der Waals surface area (Å²) in [6, 6.07) is 8.21. The molecule has 2 atom stereocenters. The molecule has 0 bridgehead atoms. The Balaban J connectivity index is 1.89. The number of piperidine rings is 1. The summed E-state index contributed by atoms with van der Waals surface area (Å²) < 4.78 is 5.30. The summed E-state index contributed by atoms with van der Waals surface area (Å²) >= 11 is 0. The molecule has 6 nitrogen and oxygen atoms in total. The zero-order valence-electron chi connectivity index (χ0n) is 15.2. The first-order valence-corrected chi connectivity index (χ1v) is 8.53. The number of nitrogens with zero attached hydrogens (tertiary/aromatic N) is 2. The summed E-state index contributed by atoms with van der Waals surface area (Å²) in [5.74, 6) is 0.828. The molecule has 1 heterocycles. The topological polar surface area (TPSA) is 56.8 Å². The van der Waals surface area contributed by atoms with Crippen molar-refractivity contribution in [2.75, 3.05) is 47.9 Å². The van der Waals surface area contributed by atoms with E-state index in [-0.39, 0.29) is 18.1 Å². The summed E-state index contributed by atoms with van der Waals surface area (Å²) in [6.07, 6.45) is 2.18. The molecule has 0 radical (unpaired) electrons. The smallest absolute Gasteiger partial charge is 0.315 e. The van der Waals surface area contributed by atoms with Crippen molar-refractivity contribution in [3.63, 3.8) is 0 Å². The lowest BCUT2D eigenvalue weighted by atomic mass is 10.1. The predicted octanol–water partition coefficient (Wildman–Crippen LogP) is 1.69. The Labute approximate surface area is 145 Å². The van der Waals surface area contributed by atoms with Crippen molar-refractivity contribution in [3.05, 3.63) is 29.8 Å². The highest BCUT2D eigenvalue weighted by molar-refractivity contribution is 5.74. The van der Waals surface area contributed by atoms with Crippen LogP contribution in [0.2, 0.25) is 0 Å².